The molecule has 2 N–H and O–H groups in total. The number of aliphatic hydroxyl groups excluding tert-OH is 1. The largest absolute Gasteiger partial charge is 0.573 e. The van der Waals surface area contributed by atoms with Gasteiger partial charge in [-0.15, -0.1) is 13.2 Å². The molecule has 0 radical (unpaired) electrons. The highest BCUT2D eigenvalue weighted by Gasteiger charge is 2.36. The molecule has 3 unspecified atom stereocenters. The van der Waals surface area contributed by atoms with Gasteiger partial charge in [0.2, 0.25) is 0 Å². The predicted octanol–water partition coefficient (Wildman–Crippen LogP) is 4.45. The number of allylic oxidation sites excluding steroid dienone is 4. The van der Waals surface area contributed by atoms with Crippen LogP contribution in [-0.2, 0) is 9.78 Å². The van der Waals surface area contributed by atoms with Gasteiger partial charge in [0, 0.05) is 42.7 Å². The van der Waals surface area contributed by atoms with E-state index in [4.69, 9.17) is 9.78 Å². The van der Waals surface area contributed by atoms with E-state index in [9.17, 15) is 18.3 Å². The maximum absolute atomic E-state index is 13.1. The van der Waals surface area contributed by atoms with Gasteiger partial charge in [-0.25, -0.2) is 0 Å². The summed E-state index contributed by atoms with van der Waals surface area (Å²) >= 11 is 0. The van der Waals surface area contributed by atoms with Crippen molar-refractivity contribution in [2.45, 2.75) is 51.1 Å². The number of hydrogen-bond acceptors (Lipinski definition) is 6. The van der Waals surface area contributed by atoms with E-state index in [1.54, 1.807) is 12.1 Å². The first kappa shape index (κ1) is 25.8. The molecule has 0 saturated carbocycles. The molecule has 0 bridgehead atoms. The minimum atomic E-state index is -4.80. The quantitative estimate of drug-likeness (QED) is 0.521. The zero-order valence-corrected chi connectivity index (χ0v) is 20.1. The molecule has 0 aromatic heterocycles. The van der Waals surface area contributed by atoms with Crippen molar-refractivity contribution in [2.75, 3.05) is 32.8 Å². The minimum absolute atomic E-state index is 0.0658. The molecular weight excluding hydrogens is 461 g/mol. The summed E-state index contributed by atoms with van der Waals surface area (Å²) in [5.41, 5.74) is 2.65. The predicted molar refractivity (Wildman–Crippen MR) is 125 cm³/mol. The lowest BCUT2D eigenvalue weighted by atomic mass is 9.84. The first-order valence-electron chi connectivity index (χ1n) is 12.1. The average Bonchev–Trinajstić information content (AvgIpc) is 2.84. The third-order valence-electron chi connectivity index (χ3n) is 6.88. The van der Waals surface area contributed by atoms with E-state index in [0.717, 1.165) is 43.0 Å². The Morgan fingerprint density at radius 2 is 2.06 bits per heavy atom. The van der Waals surface area contributed by atoms with Gasteiger partial charge in [-0.05, 0) is 43.0 Å². The van der Waals surface area contributed by atoms with Crippen LogP contribution in [-0.4, -0.2) is 61.3 Å². The van der Waals surface area contributed by atoms with Gasteiger partial charge in [0.15, 0.2) is 5.76 Å². The lowest BCUT2D eigenvalue weighted by molar-refractivity contribution is -0.275. The summed E-state index contributed by atoms with van der Waals surface area (Å²) < 4.78 is 43.6. The number of halogens is 3. The van der Waals surface area contributed by atoms with Crippen LogP contribution in [0.2, 0.25) is 0 Å². The van der Waals surface area contributed by atoms with Crippen LogP contribution in [0.4, 0.5) is 13.2 Å². The lowest BCUT2D eigenvalue weighted by Gasteiger charge is -2.41. The Hall–Kier alpha value is -2.33. The molecule has 3 atom stereocenters. The number of rotatable bonds is 8. The zero-order valence-electron chi connectivity index (χ0n) is 20.1. The van der Waals surface area contributed by atoms with Crippen LogP contribution in [0, 0.1) is 5.92 Å². The molecular formula is C26H33F3N2O4. The van der Waals surface area contributed by atoms with Gasteiger partial charge < -0.3 is 20.0 Å². The standard InChI is InChI=1S/C26H33F3N2O4/c1-17(2)25(32)20(18-7-3-5-9-23(18)34-26(27,28)29)11-13-31-14-12-30-15-22(31)21-16-33-35-24-10-6-4-8-19(21)24/h3-7,9-10,17,20,22,25,30,32H,8,11-16H2,1-2H3. The number of benzene rings is 1. The van der Waals surface area contributed by atoms with E-state index in [1.165, 1.54) is 12.1 Å². The summed E-state index contributed by atoms with van der Waals surface area (Å²) in [6.45, 7) is 7.04. The van der Waals surface area contributed by atoms with Crippen LogP contribution in [0.5, 0.6) is 5.75 Å². The van der Waals surface area contributed by atoms with E-state index >= 15 is 0 Å². The van der Waals surface area contributed by atoms with Crippen molar-refractivity contribution in [1.29, 1.82) is 0 Å². The highest BCUT2D eigenvalue weighted by Crippen LogP contribution is 2.38. The molecule has 4 rings (SSSR count). The monoisotopic (exact) mass is 494 g/mol. The molecule has 35 heavy (non-hydrogen) atoms. The summed E-state index contributed by atoms with van der Waals surface area (Å²) in [6.07, 6.45) is 1.55. The van der Waals surface area contributed by atoms with Crippen molar-refractivity contribution in [2.24, 2.45) is 5.92 Å². The van der Waals surface area contributed by atoms with Crippen LogP contribution in [0.3, 0.4) is 0 Å². The number of aliphatic hydroxyl groups is 1. The van der Waals surface area contributed by atoms with E-state index in [2.05, 4.69) is 21.0 Å². The molecule has 2 heterocycles. The molecule has 1 aromatic carbocycles. The second kappa shape index (κ2) is 11.2. The Bertz CT molecular complexity index is 974. The minimum Gasteiger partial charge on any atom is -0.405 e. The highest BCUT2D eigenvalue weighted by atomic mass is 19.4. The highest BCUT2D eigenvalue weighted by molar-refractivity contribution is 5.42. The Kier molecular flexibility index (Phi) is 8.21. The van der Waals surface area contributed by atoms with Gasteiger partial charge in [0.25, 0.3) is 0 Å². The van der Waals surface area contributed by atoms with Crippen LogP contribution in [0.1, 0.15) is 38.2 Å². The molecule has 3 aliphatic rings. The maximum Gasteiger partial charge on any atom is 0.573 e. The zero-order chi connectivity index (χ0) is 25.0. The van der Waals surface area contributed by atoms with E-state index in [1.807, 2.05) is 26.0 Å². The summed E-state index contributed by atoms with van der Waals surface area (Å²) in [7, 11) is 0. The van der Waals surface area contributed by atoms with Gasteiger partial charge in [-0.2, -0.15) is 4.89 Å². The number of piperazine rings is 1. The van der Waals surface area contributed by atoms with Crippen LogP contribution < -0.4 is 10.1 Å². The van der Waals surface area contributed by atoms with Crippen molar-refractivity contribution >= 4 is 0 Å². The van der Waals surface area contributed by atoms with Crippen molar-refractivity contribution in [3.8, 4) is 5.75 Å². The van der Waals surface area contributed by atoms with Gasteiger partial charge in [-0.3, -0.25) is 4.90 Å². The van der Waals surface area contributed by atoms with E-state index in [-0.39, 0.29) is 17.7 Å². The fourth-order valence-corrected chi connectivity index (χ4v) is 5.09. The first-order chi connectivity index (χ1) is 16.7. The maximum atomic E-state index is 13.1. The van der Waals surface area contributed by atoms with Crippen molar-refractivity contribution in [3.63, 3.8) is 0 Å². The van der Waals surface area contributed by atoms with Crippen LogP contribution in [0.15, 0.2) is 59.4 Å². The van der Waals surface area contributed by atoms with Crippen LogP contribution >= 0.6 is 0 Å². The number of nitrogens with one attached hydrogen (secondary N) is 1. The summed E-state index contributed by atoms with van der Waals surface area (Å²) in [6, 6.07) is 6.19. The molecule has 1 fully saturated rings. The number of hydrogen-bond donors (Lipinski definition) is 2. The van der Waals surface area contributed by atoms with E-state index < -0.39 is 18.4 Å². The number of nitrogens with zero attached hydrogens (tertiary/aromatic N) is 1. The van der Waals surface area contributed by atoms with Crippen molar-refractivity contribution < 1.29 is 32.8 Å². The molecule has 0 amide bonds. The average molecular weight is 495 g/mol. The second-order valence-electron chi connectivity index (χ2n) is 9.48. The van der Waals surface area contributed by atoms with Crippen molar-refractivity contribution in [3.05, 3.63) is 65.0 Å². The molecule has 192 valence electrons. The van der Waals surface area contributed by atoms with Gasteiger partial charge >= 0.3 is 6.36 Å². The molecule has 6 nitrogen and oxygen atoms in total. The number of para-hydroxylation sites is 1. The fraction of sp³-hybridized carbons (Fsp3) is 0.538. The molecule has 1 aromatic rings. The molecule has 1 aliphatic carbocycles. The Balaban J connectivity index is 1.57. The summed E-state index contributed by atoms with van der Waals surface area (Å²) in [4.78, 5) is 13.1. The lowest BCUT2D eigenvalue weighted by Crippen LogP contribution is -2.53. The van der Waals surface area contributed by atoms with E-state index in [0.29, 0.717) is 25.1 Å². The topological polar surface area (TPSA) is 63.2 Å². The SMILES string of the molecule is CC(C)C(O)C(CCN1CCNCC1C1=C2CC=CC=C2OOC1)c1ccccc1OC(F)(F)F. The number of fused-ring (bicyclic) bond motifs is 1. The van der Waals surface area contributed by atoms with Gasteiger partial charge in [0.1, 0.15) is 12.4 Å². The Morgan fingerprint density at radius 3 is 2.83 bits per heavy atom. The van der Waals surface area contributed by atoms with Gasteiger partial charge in [0.05, 0.1) is 6.10 Å². The number of ether oxygens (including phenoxy) is 1. The molecule has 9 heteroatoms. The molecule has 0 spiro atoms. The first-order valence-corrected chi connectivity index (χ1v) is 12.1. The normalized spacial score (nSPS) is 22.9. The van der Waals surface area contributed by atoms with Crippen LogP contribution in [0.25, 0.3) is 0 Å². The second-order valence-corrected chi connectivity index (χ2v) is 9.48. The van der Waals surface area contributed by atoms with Gasteiger partial charge in [-0.1, -0.05) is 44.2 Å². The molecule has 2 aliphatic heterocycles. The number of alkyl halides is 3. The summed E-state index contributed by atoms with van der Waals surface area (Å²) in [5.74, 6) is -0.173. The molecule has 1 saturated heterocycles. The Morgan fingerprint density at radius 1 is 1.26 bits per heavy atom. The smallest absolute Gasteiger partial charge is 0.405 e. The third kappa shape index (κ3) is 6.27. The summed E-state index contributed by atoms with van der Waals surface area (Å²) in [5, 5.41) is 14.5. The Labute approximate surface area is 204 Å². The van der Waals surface area contributed by atoms with Crippen molar-refractivity contribution in [1.82, 2.24) is 10.2 Å². The fourth-order valence-electron chi connectivity index (χ4n) is 5.09. The third-order valence-corrected chi connectivity index (χ3v) is 6.88.